The standard InChI is InChI=1S/C18H29NS/c1-6-19-16(18(5)12-7-13-20-18)14-8-10-15(11-9-14)17(2,3)4/h8-11,16,19H,6-7,12-13H2,1-5H3. The topological polar surface area (TPSA) is 12.0 Å². The Morgan fingerprint density at radius 3 is 2.35 bits per heavy atom. The van der Waals surface area contributed by atoms with Crippen LogP contribution in [0.5, 0.6) is 0 Å². The Labute approximate surface area is 128 Å². The van der Waals surface area contributed by atoms with Gasteiger partial charge in [-0.1, -0.05) is 52.0 Å². The van der Waals surface area contributed by atoms with E-state index in [1.165, 1.54) is 29.7 Å². The Bertz CT molecular complexity index is 424. The van der Waals surface area contributed by atoms with Gasteiger partial charge < -0.3 is 5.32 Å². The van der Waals surface area contributed by atoms with Crippen LogP contribution in [0.4, 0.5) is 0 Å². The quantitative estimate of drug-likeness (QED) is 0.845. The molecule has 2 atom stereocenters. The van der Waals surface area contributed by atoms with Gasteiger partial charge in [0.2, 0.25) is 0 Å². The lowest BCUT2D eigenvalue weighted by Gasteiger charge is -2.34. The molecule has 1 heterocycles. The third kappa shape index (κ3) is 3.40. The van der Waals surface area contributed by atoms with Crippen LogP contribution in [0.25, 0.3) is 0 Å². The van der Waals surface area contributed by atoms with Crippen LogP contribution < -0.4 is 5.32 Å². The van der Waals surface area contributed by atoms with Crippen LogP contribution in [0, 0.1) is 0 Å². The van der Waals surface area contributed by atoms with E-state index < -0.39 is 0 Å². The molecule has 0 radical (unpaired) electrons. The molecule has 1 aromatic rings. The molecule has 0 bridgehead atoms. The summed E-state index contributed by atoms with van der Waals surface area (Å²) >= 11 is 2.13. The van der Waals surface area contributed by atoms with E-state index in [0.717, 1.165) is 6.54 Å². The number of thioether (sulfide) groups is 1. The van der Waals surface area contributed by atoms with Crippen molar-refractivity contribution < 1.29 is 0 Å². The molecule has 1 aliphatic rings. The zero-order chi connectivity index (χ0) is 14.8. The maximum atomic E-state index is 3.72. The van der Waals surface area contributed by atoms with Crippen molar-refractivity contribution in [1.29, 1.82) is 0 Å². The first-order valence-electron chi connectivity index (χ1n) is 7.84. The van der Waals surface area contributed by atoms with Crippen molar-refractivity contribution in [1.82, 2.24) is 5.32 Å². The summed E-state index contributed by atoms with van der Waals surface area (Å²) in [6.07, 6.45) is 2.67. The van der Waals surface area contributed by atoms with E-state index in [0.29, 0.717) is 10.8 Å². The average Bonchev–Trinajstić information content (AvgIpc) is 2.83. The van der Waals surface area contributed by atoms with Crippen molar-refractivity contribution in [3.63, 3.8) is 0 Å². The van der Waals surface area contributed by atoms with Crippen LogP contribution >= 0.6 is 11.8 Å². The number of hydrogen-bond donors (Lipinski definition) is 1. The highest BCUT2D eigenvalue weighted by atomic mass is 32.2. The van der Waals surface area contributed by atoms with Crippen molar-refractivity contribution in [3.8, 4) is 0 Å². The van der Waals surface area contributed by atoms with Crippen LogP contribution in [0.1, 0.15) is 64.6 Å². The second-order valence-corrected chi connectivity index (χ2v) is 8.76. The molecule has 2 unspecified atom stereocenters. The summed E-state index contributed by atoms with van der Waals surface area (Å²) in [5.41, 5.74) is 3.09. The minimum atomic E-state index is 0.234. The third-order valence-corrected chi connectivity index (χ3v) is 5.97. The lowest BCUT2D eigenvalue weighted by Crippen LogP contribution is -2.37. The zero-order valence-corrected chi connectivity index (χ0v) is 14.4. The van der Waals surface area contributed by atoms with E-state index in [1.54, 1.807) is 0 Å². The summed E-state index contributed by atoms with van der Waals surface area (Å²) in [5, 5.41) is 3.72. The van der Waals surface area contributed by atoms with E-state index in [2.05, 4.69) is 76.0 Å². The maximum absolute atomic E-state index is 3.72. The van der Waals surface area contributed by atoms with E-state index in [9.17, 15) is 0 Å². The Hall–Kier alpha value is -0.470. The van der Waals surface area contributed by atoms with Crippen LogP contribution in [-0.2, 0) is 5.41 Å². The largest absolute Gasteiger partial charge is 0.309 e. The summed E-state index contributed by atoms with van der Waals surface area (Å²) in [6, 6.07) is 9.75. The first-order chi connectivity index (χ1) is 9.37. The highest BCUT2D eigenvalue weighted by Crippen LogP contribution is 2.46. The van der Waals surface area contributed by atoms with Gasteiger partial charge in [-0.3, -0.25) is 0 Å². The van der Waals surface area contributed by atoms with E-state index in [-0.39, 0.29) is 5.41 Å². The molecule has 1 nitrogen and oxygen atoms in total. The van der Waals surface area contributed by atoms with Gasteiger partial charge in [0.05, 0.1) is 0 Å². The second-order valence-electron chi connectivity index (χ2n) is 7.13. The molecule has 20 heavy (non-hydrogen) atoms. The molecule has 1 aliphatic heterocycles. The zero-order valence-electron chi connectivity index (χ0n) is 13.6. The smallest absolute Gasteiger partial charge is 0.0466 e. The Kier molecular flexibility index (Phi) is 4.86. The van der Waals surface area contributed by atoms with E-state index >= 15 is 0 Å². The highest BCUT2D eigenvalue weighted by molar-refractivity contribution is 8.00. The van der Waals surface area contributed by atoms with Gasteiger partial charge in [-0.15, -0.1) is 0 Å². The molecule has 1 aromatic carbocycles. The molecule has 0 saturated carbocycles. The molecular formula is C18H29NS. The van der Waals surface area contributed by atoms with Crippen LogP contribution in [-0.4, -0.2) is 17.0 Å². The minimum absolute atomic E-state index is 0.234. The number of rotatable bonds is 4. The fourth-order valence-electron chi connectivity index (χ4n) is 3.09. The molecule has 2 heteroatoms. The van der Waals surface area contributed by atoms with Gasteiger partial charge in [-0.2, -0.15) is 11.8 Å². The maximum Gasteiger partial charge on any atom is 0.0466 e. The first-order valence-corrected chi connectivity index (χ1v) is 8.83. The lowest BCUT2D eigenvalue weighted by atomic mass is 9.84. The monoisotopic (exact) mass is 291 g/mol. The number of benzene rings is 1. The van der Waals surface area contributed by atoms with Crippen molar-refractivity contribution in [2.45, 2.75) is 63.7 Å². The van der Waals surface area contributed by atoms with Crippen LogP contribution in [0.2, 0.25) is 0 Å². The Morgan fingerprint density at radius 2 is 1.90 bits per heavy atom. The van der Waals surface area contributed by atoms with Gasteiger partial charge in [0.1, 0.15) is 0 Å². The van der Waals surface area contributed by atoms with Crippen LogP contribution in [0.15, 0.2) is 24.3 Å². The lowest BCUT2D eigenvalue weighted by molar-refractivity contribution is 0.421. The van der Waals surface area contributed by atoms with Gasteiger partial charge >= 0.3 is 0 Å². The Morgan fingerprint density at radius 1 is 1.25 bits per heavy atom. The molecule has 0 amide bonds. The van der Waals surface area contributed by atoms with Gasteiger partial charge in [0.15, 0.2) is 0 Å². The van der Waals surface area contributed by atoms with Gasteiger partial charge in [-0.05, 0) is 48.6 Å². The number of nitrogens with one attached hydrogen (secondary N) is 1. The predicted molar refractivity (Wildman–Crippen MR) is 91.7 cm³/mol. The average molecular weight is 292 g/mol. The van der Waals surface area contributed by atoms with E-state index in [4.69, 9.17) is 0 Å². The summed E-state index contributed by atoms with van der Waals surface area (Å²) < 4.78 is 0.346. The second kappa shape index (κ2) is 6.11. The van der Waals surface area contributed by atoms with Crippen molar-refractivity contribution >= 4 is 11.8 Å². The predicted octanol–water partition coefficient (Wildman–Crippen LogP) is 4.92. The summed E-state index contributed by atoms with van der Waals surface area (Å²) in [4.78, 5) is 0. The summed E-state index contributed by atoms with van der Waals surface area (Å²) in [5.74, 6) is 1.30. The Balaban J connectivity index is 2.26. The molecule has 1 saturated heterocycles. The molecular weight excluding hydrogens is 262 g/mol. The third-order valence-electron chi connectivity index (χ3n) is 4.38. The van der Waals surface area contributed by atoms with Gasteiger partial charge in [0.25, 0.3) is 0 Å². The molecule has 0 spiro atoms. The molecule has 2 rings (SSSR count). The van der Waals surface area contributed by atoms with Crippen molar-refractivity contribution in [2.75, 3.05) is 12.3 Å². The highest BCUT2D eigenvalue weighted by Gasteiger charge is 2.38. The molecule has 0 aromatic heterocycles. The van der Waals surface area contributed by atoms with Crippen molar-refractivity contribution in [2.24, 2.45) is 0 Å². The summed E-state index contributed by atoms with van der Waals surface area (Å²) in [7, 11) is 0. The van der Waals surface area contributed by atoms with E-state index in [1.807, 2.05) is 0 Å². The molecule has 112 valence electrons. The first kappa shape index (κ1) is 15.9. The fourth-order valence-corrected chi connectivity index (χ4v) is 4.52. The van der Waals surface area contributed by atoms with Crippen LogP contribution in [0.3, 0.4) is 0 Å². The summed E-state index contributed by atoms with van der Waals surface area (Å²) in [6.45, 7) is 12.5. The molecule has 0 aliphatic carbocycles. The SMILES string of the molecule is CCNC(c1ccc(C(C)(C)C)cc1)C1(C)CCCS1. The van der Waals surface area contributed by atoms with Gasteiger partial charge in [-0.25, -0.2) is 0 Å². The molecule has 1 fully saturated rings. The molecule has 1 N–H and O–H groups in total. The minimum Gasteiger partial charge on any atom is -0.309 e. The number of hydrogen-bond acceptors (Lipinski definition) is 2. The van der Waals surface area contributed by atoms with Crippen molar-refractivity contribution in [3.05, 3.63) is 35.4 Å². The normalized spacial score (nSPS) is 24.9. The fraction of sp³-hybridized carbons (Fsp3) is 0.667. The van der Waals surface area contributed by atoms with Gasteiger partial charge in [0, 0.05) is 10.8 Å².